The quantitative estimate of drug-likeness (QED) is 0.876. The summed E-state index contributed by atoms with van der Waals surface area (Å²) in [5, 5.41) is 3.20. The maximum atomic E-state index is 13.1. The van der Waals surface area contributed by atoms with E-state index in [9.17, 15) is 8.42 Å². The molecule has 1 aliphatic heterocycles. The van der Waals surface area contributed by atoms with Gasteiger partial charge in [0.15, 0.2) is 0 Å². The first-order chi connectivity index (χ1) is 9.93. The van der Waals surface area contributed by atoms with Crippen molar-refractivity contribution in [2.24, 2.45) is 0 Å². The van der Waals surface area contributed by atoms with Crippen molar-refractivity contribution < 1.29 is 12.8 Å². The van der Waals surface area contributed by atoms with E-state index >= 15 is 0 Å². The molecule has 0 radical (unpaired) electrons. The molecule has 0 saturated carbocycles. The summed E-state index contributed by atoms with van der Waals surface area (Å²) in [6.07, 6.45) is 2.75. The molecule has 1 aliphatic rings. The van der Waals surface area contributed by atoms with Gasteiger partial charge in [-0.3, -0.25) is 0 Å². The summed E-state index contributed by atoms with van der Waals surface area (Å²) in [5.41, 5.74) is 0.774. The van der Waals surface area contributed by atoms with Crippen LogP contribution in [0.25, 0.3) is 0 Å². The van der Waals surface area contributed by atoms with Gasteiger partial charge in [0.1, 0.15) is 16.4 Å². The fourth-order valence-electron chi connectivity index (χ4n) is 3.15. The van der Waals surface area contributed by atoms with E-state index < -0.39 is 10.0 Å². The molecule has 0 amide bonds. The van der Waals surface area contributed by atoms with Crippen LogP contribution in [0.4, 0.5) is 0 Å². The molecule has 1 fully saturated rings. The molecule has 2 heterocycles. The van der Waals surface area contributed by atoms with Gasteiger partial charge >= 0.3 is 0 Å². The van der Waals surface area contributed by atoms with E-state index in [0.717, 1.165) is 31.4 Å². The summed E-state index contributed by atoms with van der Waals surface area (Å²) >= 11 is 0. The maximum Gasteiger partial charge on any atom is 0.247 e. The number of hydrogen-bond acceptors (Lipinski definition) is 4. The number of rotatable bonds is 6. The molecule has 2 rings (SSSR count). The molecule has 1 aromatic rings. The van der Waals surface area contributed by atoms with Gasteiger partial charge < -0.3 is 9.73 Å². The zero-order valence-corrected chi connectivity index (χ0v) is 14.2. The number of aryl methyl sites for hydroxylation is 2. The van der Waals surface area contributed by atoms with Crippen molar-refractivity contribution in [3.05, 3.63) is 17.1 Å². The van der Waals surface area contributed by atoms with Gasteiger partial charge in [-0.25, -0.2) is 8.42 Å². The molecule has 1 unspecified atom stereocenters. The van der Waals surface area contributed by atoms with E-state index in [1.807, 2.05) is 20.8 Å². The third-order valence-electron chi connectivity index (χ3n) is 4.24. The third-order valence-corrected chi connectivity index (χ3v) is 6.39. The highest BCUT2D eigenvalue weighted by molar-refractivity contribution is 7.89. The highest BCUT2D eigenvalue weighted by Gasteiger charge is 2.38. The van der Waals surface area contributed by atoms with Crippen LogP contribution in [0.15, 0.2) is 9.31 Å². The van der Waals surface area contributed by atoms with Crippen LogP contribution in [0.2, 0.25) is 0 Å². The lowest BCUT2D eigenvalue weighted by Crippen LogP contribution is -2.36. The van der Waals surface area contributed by atoms with Crippen LogP contribution in [-0.2, 0) is 16.6 Å². The Morgan fingerprint density at radius 3 is 2.62 bits per heavy atom. The molecule has 0 aromatic carbocycles. The van der Waals surface area contributed by atoms with Crippen LogP contribution in [0.3, 0.4) is 0 Å². The Kier molecular flexibility index (Phi) is 5.11. The second-order valence-electron chi connectivity index (χ2n) is 5.62. The van der Waals surface area contributed by atoms with Crippen molar-refractivity contribution >= 4 is 10.0 Å². The SMILES string of the molecule is CCNCc1c(C)oc(C)c1S(=O)(=O)N1CCCC1CC. The molecular formula is C15H26N2O3S. The Balaban J connectivity index is 2.44. The van der Waals surface area contributed by atoms with E-state index in [4.69, 9.17) is 4.42 Å². The molecule has 0 aliphatic carbocycles. The molecule has 1 atom stereocenters. The van der Waals surface area contributed by atoms with Crippen LogP contribution < -0.4 is 5.32 Å². The van der Waals surface area contributed by atoms with Crippen LogP contribution in [0, 0.1) is 13.8 Å². The van der Waals surface area contributed by atoms with Crippen molar-refractivity contribution in [1.82, 2.24) is 9.62 Å². The first-order valence-corrected chi connectivity index (χ1v) is 9.18. The number of nitrogens with zero attached hydrogens (tertiary/aromatic N) is 1. The lowest BCUT2D eigenvalue weighted by molar-refractivity contribution is 0.378. The third kappa shape index (κ3) is 3.03. The fraction of sp³-hybridized carbons (Fsp3) is 0.733. The van der Waals surface area contributed by atoms with E-state index in [1.165, 1.54) is 0 Å². The van der Waals surface area contributed by atoms with E-state index in [2.05, 4.69) is 5.32 Å². The molecule has 0 bridgehead atoms. The Labute approximate surface area is 127 Å². The average Bonchev–Trinajstić information content (AvgIpc) is 3.01. The zero-order valence-electron chi connectivity index (χ0n) is 13.4. The van der Waals surface area contributed by atoms with Crippen LogP contribution in [-0.4, -0.2) is 31.9 Å². The number of nitrogens with one attached hydrogen (secondary N) is 1. The summed E-state index contributed by atoms with van der Waals surface area (Å²) < 4.78 is 33.4. The van der Waals surface area contributed by atoms with Gasteiger partial charge in [0.25, 0.3) is 0 Å². The van der Waals surface area contributed by atoms with E-state index in [0.29, 0.717) is 29.5 Å². The first-order valence-electron chi connectivity index (χ1n) is 7.74. The summed E-state index contributed by atoms with van der Waals surface area (Å²) in [6.45, 7) is 9.57. The van der Waals surface area contributed by atoms with Crippen LogP contribution in [0.1, 0.15) is 50.2 Å². The van der Waals surface area contributed by atoms with Crippen molar-refractivity contribution in [3.63, 3.8) is 0 Å². The molecule has 5 nitrogen and oxygen atoms in total. The standard InChI is InChI=1S/C15H26N2O3S/c1-5-13-8-7-9-17(13)21(18,19)15-12(4)20-11(3)14(15)10-16-6-2/h13,16H,5-10H2,1-4H3. The molecule has 120 valence electrons. The second-order valence-corrected chi connectivity index (χ2v) is 7.45. The maximum absolute atomic E-state index is 13.1. The van der Waals surface area contributed by atoms with Gasteiger partial charge in [-0.1, -0.05) is 13.8 Å². The van der Waals surface area contributed by atoms with Crippen molar-refractivity contribution in [2.75, 3.05) is 13.1 Å². The highest BCUT2D eigenvalue weighted by atomic mass is 32.2. The lowest BCUT2D eigenvalue weighted by atomic mass is 10.2. The highest BCUT2D eigenvalue weighted by Crippen LogP contribution is 2.33. The Hall–Kier alpha value is -0.850. The summed E-state index contributed by atoms with van der Waals surface area (Å²) in [6, 6.07) is 0.122. The molecule has 1 saturated heterocycles. The summed E-state index contributed by atoms with van der Waals surface area (Å²) in [7, 11) is -3.47. The second kappa shape index (κ2) is 6.50. The summed E-state index contributed by atoms with van der Waals surface area (Å²) in [5.74, 6) is 1.20. The lowest BCUT2D eigenvalue weighted by Gasteiger charge is -2.23. The minimum atomic E-state index is -3.47. The van der Waals surface area contributed by atoms with E-state index in [1.54, 1.807) is 11.2 Å². The van der Waals surface area contributed by atoms with Crippen molar-refractivity contribution in [3.8, 4) is 0 Å². The van der Waals surface area contributed by atoms with Gasteiger partial charge in [-0.05, 0) is 39.7 Å². The predicted octanol–water partition coefficient (Wildman–Crippen LogP) is 2.57. The number of sulfonamides is 1. The Morgan fingerprint density at radius 1 is 1.29 bits per heavy atom. The summed E-state index contributed by atoms with van der Waals surface area (Å²) in [4.78, 5) is 0.376. The smallest absolute Gasteiger partial charge is 0.247 e. The van der Waals surface area contributed by atoms with Gasteiger partial charge in [0.05, 0.1) is 0 Å². The predicted molar refractivity (Wildman–Crippen MR) is 82.8 cm³/mol. The molecule has 1 N–H and O–H groups in total. The zero-order chi connectivity index (χ0) is 15.6. The molecule has 6 heteroatoms. The monoisotopic (exact) mass is 314 g/mol. The van der Waals surface area contributed by atoms with Gasteiger partial charge in [0, 0.05) is 24.7 Å². The number of furan rings is 1. The largest absolute Gasteiger partial charge is 0.465 e. The number of hydrogen-bond donors (Lipinski definition) is 1. The van der Waals surface area contributed by atoms with Crippen molar-refractivity contribution in [2.45, 2.75) is 64.4 Å². The topological polar surface area (TPSA) is 62.6 Å². The molecule has 0 spiro atoms. The average molecular weight is 314 g/mol. The molecular weight excluding hydrogens is 288 g/mol. The first kappa shape index (κ1) is 16.5. The minimum absolute atomic E-state index is 0.122. The van der Waals surface area contributed by atoms with Crippen molar-refractivity contribution in [1.29, 1.82) is 0 Å². The van der Waals surface area contributed by atoms with Crippen LogP contribution >= 0.6 is 0 Å². The fourth-order valence-corrected chi connectivity index (χ4v) is 5.34. The molecule has 21 heavy (non-hydrogen) atoms. The Morgan fingerprint density at radius 2 is 2.00 bits per heavy atom. The van der Waals surface area contributed by atoms with E-state index in [-0.39, 0.29) is 6.04 Å². The molecule has 1 aromatic heterocycles. The normalized spacial score (nSPS) is 20.3. The minimum Gasteiger partial charge on any atom is -0.465 e. The van der Waals surface area contributed by atoms with Gasteiger partial charge in [0.2, 0.25) is 10.0 Å². The van der Waals surface area contributed by atoms with Crippen LogP contribution in [0.5, 0.6) is 0 Å². The van der Waals surface area contributed by atoms with Gasteiger partial charge in [-0.2, -0.15) is 4.31 Å². The van der Waals surface area contributed by atoms with Gasteiger partial charge in [-0.15, -0.1) is 0 Å². The Bertz CT molecular complexity index is 592.